The van der Waals surface area contributed by atoms with E-state index in [1.54, 1.807) is 0 Å². The normalized spacial score (nSPS) is 41.7. The number of fused-ring (bicyclic) bond motifs is 7. The molecule has 1 aromatic rings. The van der Waals surface area contributed by atoms with Crippen LogP contribution in [0.25, 0.3) is 0 Å². The van der Waals surface area contributed by atoms with E-state index in [9.17, 15) is 24.3 Å². The van der Waals surface area contributed by atoms with Gasteiger partial charge in [0.15, 0.2) is 5.78 Å². The van der Waals surface area contributed by atoms with Crippen LogP contribution in [0.15, 0.2) is 21.6 Å². The van der Waals surface area contributed by atoms with Gasteiger partial charge in [0.05, 0.1) is 11.5 Å². The summed E-state index contributed by atoms with van der Waals surface area (Å²) in [5.41, 5.74) is 3.50. The molecule has 0 aromatic carbocycles. The summed E-state index contributed by atoms with van der Waals surface area (Å²) in [4.78, 5) is 52.0. The SMILES string of the molecule is Cc1cc(C(=O)NCCC23CCC4C(CCC5C4(C)CCC4C(C)C(CC(=O)C6CC(C(=O)O)C6C)CCC45C)C2=C(C(C)C)C(=O)C3)c(C)o1. The third kappa shape index (κ3) is 5.72. The van der Waals surface area contributed by atoms with Crippen LogP contribution in [0, 0.1) is 89.3 Å². The van der Waals surface area contributed by atoms with Gasteiger partial charge in [0.25, 0.3) is 5.91 Å². The Bertz CT molecular complexity index is 1630. The van der Waals surface area contributed by atoms with Crippen molar-refractivity contribution in [1.82, 2.24) is 5.32 Å². The molecule has 1 amide bonds. The first-order valence-corrected chi connectivity index (χ1v) is 20.4. The molecule has 0 spiro atoms. The highest BCUT2D eigenvalue weighted by Crippen LogP contribution is 2.72. The summed E-state index contributed by atoms with van der Waals surface area (Å²) in [6.45, 7) is 18.2. The highest BCUT2D eigenvalue weighted by Gasteiger charge is 2.64. The van der Waals surface area contributed by atoms with Crippen molar-refractivity contribution in [2.75, 3.05) is 6.54 Å². The Morgan fingerprint density at radius 3 is 2.27 bits per heavy atom. The van der Waals surface area contributed by atoms with Gasteiger partial charge in [0.2, 0.25) is 0 Å². The molecule has 0 bridgehead atoms. The predicted octanol–water partition coefficient (Wildman–Crippen LogP) is 9.15. The maximum Gasteiger partial charge on any atom is 0.306 e. The van der Waals surface area contributed by atoms with E-state index in [-0.39, 0.29) is 45.8 Å². The van der Waals surface area contributed by atoms with E-state index < -0.39 is 5.97 Å². The molecule has 5 saturated carbocycles. The van der Waals surface area contributed by atoms with E-state index in [2.05, 4.69) is 39.9 Å². The largest absolute Gasteiger partial charge is 0.481 e. The lowest BCUT2D eigenvalue weighted by atomic mass is 9.37. The fourth-order valence-electron chi connectivity index (χ4n) is 14.0. The second-order valence-corrected chi connectivity index (χ2v) is 19.2. The topological polar surface area (TPSA) is 114 Å². The molecule has 7 nitrogen and oxygen atoms in total. The second-order valence-electron chi connectivity index (χ2n) is 19.2. The maximum atomic E-state index is 13.9. The van der Waals surface area contributed by atoms with Crippen LogP contribution >= 0.6 is 0 Å². The smallest absolute Gasteiger partial charge is 0.306 e. The molecule has 12 atom stereocenters. The third-order valence-electron chi connectivity index (χ3n) is 16.7. The van der Waals surface area contributed by atoms with Crippen molar-refractivity contribution in [3.8, 4) is 0 Å². The van der Waals surface area contributed by atoms with E-state index in [0.29, 0.717) is 84.2 Å². The molecule has 0 aliphatic heterocycles. The summed E-state index contributed by atoms with van der Waals surface area (Å²) in [6.07, 6.45) is 11.7. The number of allylic oxidation sites excluding steroid dienone is 2. The molecule has 7 heteroatoms. The molecule has 1 aromatic heterocycles. The third-order valence-corrected chi connectivity index (χ3v) is 16.7. The summed E-state index contributed by atoms with van der Waals surface area (Å²) < 4.78 is 5.62. The van der Waals surface area contributed by atoms with E-state index in [4.69, 9.17) is 4.42 Å². The first-order valence-electron chi connectivity index (χ1n) is 20.4. The molecule has 2 N–H and O–H groups in total. The second kappa shape index (κ2) is 13.0. The van der Waals surface area contributed by atoms with Crippen LogP contribution in [-0.4, -0.2) is 35.1 Å². The number of hydrogen-bond acceptors (Lipinski definition) is 5. The van der Waals surface area contributed by atoms with E-state index in [1.807, 2.05) is 26.8 Å². The van der Waals surface area contributed by atoms with Gasteiger partial charge in [-0.05, 0) is 148 Å². The fourth-order valence-corrected chi connectivity index (χ4v) is 14.0. The molecular formula is C44H63NO6. The molecule has 6 aliphatic carbocycles. The number of carbonyl (C=O) groups excluding carboxylic acids is 3. The van der Waals surface area contributed by atoms with Crippen molar-refractivity contribution < 1.29 is 28.7 Å². The summed E-state index contributed by atoms with van der Waals surface area (Å²) in [6, 6.07) is 1.81. The average molecular weight is 702 g/mol. The van der Waals surface area contributed by atoms with Crippen LogP contribution in [0.1, 0.15) is 140 Å². The molecule has 0 saturated heterocycles. The van der Waals surface area contributed by atoms with Crippen molar-refractivity contribution >= 4 is 23.4 Å². The molecule has 5 fully saturated rings. The summed E-state index contributed by atoms with van der Waals surface area (Å²) >= 11 is 0. The van der Waals surface area contributed by atoms with Crippen LogP contribution in [0.5, 0.6) is 0 Å². The monoisotopic (exact) mass is 701 g/mol. The van der Waals surface area contributed by atoms with Crippen molar-refractivity contribution in [3.63, 3.8) is 0 Å². The molecule has 280 valence electrons. The number of aryl methyl sites for hydroxylation is 2. The van der Waals surface area contributed by atoms with Crippen molar-refractivity contribution in [1.29, 1.82) is 0 Å². The van der Waals surface area contributed by atoms with Crippen molar-refractivity contribution in [2.45, 2.75) is 132 Å². The number of Topliss-reactive ketones (excluding diaryl/α,β-unsaturated/α-hetero) is 2. The van der Waals surface area contributed by atoms with Gasteiger partial charge >= 0.3 is 5.97 Å². The zero-order valence-electron chi connectivity index (χ0n) is 32.5. The fraction of sp³-hybridized carbons (Fsp3) is 0.773. The lowest BCUT2D eigenvalue weighted by Gasteiger charge is -2.67. The van der Waals surface area contributed by atoms with Gasteiger partial charge in [0, 0.05) is 30.7 Å². The minimum atomic E-state index is -0.756. The summed E-state index contributed by atoms with van der Waals surface area (Å²) in [7, 11) is 0. The standard InChI is InChI=1S/C44H63NO6/c1-23(2)38-36(47)22-44(17-18-45-40(48)32-19-24(3)51-27(32)6)16-13-34-29(39(38)44)9-10-37-42(7)14-11-28(25(4)33(42)12-15-43(34,37)8)20-35(46)30-21-31(26(30)5)41(49)50/h19,23,25-26,28-31,33-34,37H,9-18,20-22H2,1-8H3,(H,45,48)(H,49,50). The highest BCUT2D eigenvalue weighted by molar-refractivity contribution is 6.00. The van der Waals surface area contributed by atoms with Gasteiger partial charge in [-0.2, -0.15) is 0 Å². The number of rotatable bonds is 9. The Labute approximate surface area is 305 Å². The number of nitrogens with one attached hydrogen (secondary N) is 1. The van der Waals surface area contributed by atoms with Gasteiger partial charge in [0.1, 0.15) is 17.3 Å². The molecule has 12 unspecified atom stereocenters. The van der Waals surface area contributed by atoms with Crippen LogP contribution in [-0.2, 0) is 14.4 Å². The lowest BCUT2D eigenvalue weighted by Crippen LogP contribution is -2.60. The maximum absolute atomic E-state index is 13.9. The van der Waals surface area contributed by atoms with E-state index in [0.717, 1.165) is 43.4 Å². The molecular weight excluding hydrogens is 638 g/mol. The number of carbonyl (C=O) groups is 4. The molecule has 7 rings (SSSR count). The number of amides is 1. The van der Waals surface area contributed by atoms with Crippen LogP contribution in [0.2, 0.25) is 0 Å². The van der Waals surface area contributed by atoms with Crippen LogP contribution in [0.4, 0.5) is 0 Å². The Balaban J connectivity index is 1.07. The van der Waals surface area contributed by atoms with E-state index in [1.165, 1.54) is 31.3 Å². The van der Waals surface area contributed by atoms with Gasteiger partial charge in [-0.1, -0.05) is 47.1 Å². The Hall–Kier alpha value is -2.70. The number of aliphatic carboxylic acids is 1. The minimum Gasteiger partial charge on any atom is -0.481 e. The molecule has 1 heterocycles. The first-order chi connectivity index (χ1) is 24.0. The zero-order chi connectivity index (χ0) is 36.8. The lowest BCUT2D eigenvalue weighted by molar-refractivity contribution is -0.172. The van der Waals surface area contributed by atoms with Gasteiger partial charge in [-0.3, -0.25) is 19.2 Å². The Morgan fingerprint density at radius 1 is 0.941 bits per heavy atom. The molecule has 0 radical (unpaired) electrons. The predicted molar refractivity (Wildman–Crippen MR) is 197 cm³/mol. The zero-order valence-corrected chi connectivity index (χ0v) is 32.5. The van der Waals surface area contributed by atoms with Crippen molar-refractivity contribution in [2.24, 2.45) is 75.4 Å². The van der Waals surface area contributed by atoms with Crippen molar-refractivity contribution in [3.05, 3.63) is 34.3 Å². The van der Waals surface area contributed by atoms with Gasteiger partial charge < -0.3 is 14.8 Å². The number of carboxylic acid groups (broad SMARTS) is 1. The summed E-state index contributed by atoms with van der Waals surface area (Å²) in [5.74, 6) is 4.03. The quantitative estimate of drug-likeness (QED) is 0.266. The summed E-state index contributed by atoms with van der Waals surface area (Å²) in [5, 5.41) is 12.7. The van der Waals surface area contributed by atoms with Crippen LogP contribution in [0.3, 0.4) is 0 Å². The number of furan rings is 1. The minimum absolute atomic E-state index is 0.0464. The first kappa shape index (κ1) is 36.6. The highest BCUT2D eigenvalue weighted by atomic mass is 16.4. The molecule has 6 aliphatic rings. The Kier molecular flexibility index (Phi) is 9.35. The van der Waals surface area contributed by atoms with Crippen LogP contribution < -0.4 is 5.32 Å². The molecule has 51 heavy (non-hydrogen) atoms. The number of carboxylic acids is 1. The van der Waals surface area contributed by atoms with E-state index >= 15 is 0 Å². The Morgan fingerprint density at radius 2 is 1.63 bits per heavy atom. The van der Waals surface area contributed by atoms with Gasteiger partial charge in [-0.15, -0.1) is 0 Å². The number of hydrogen-bond donors (Lipinski definition) is 2. The number of ketones is 2. The average Bonchev–Trinajstić information content (AvgIpc) is 3.55. The van der Waals surface area contributed by atoms with Gasteiger partial charge in [-0.25, -0.2) is 0 Å².